The highest BCUT2D eigenvalue weighted by Gasteiger charge is 2.25. The summed E-state index contributed by atoms with van der Waals surface area (Å²) in [6.45, 7) is 2.13. The van der Waals surface area contributed by atoms with Crippen LogP contribution in [0, 0.1) is 0 Å². The number of carbonyl (C=O) groups is 1. The number of hydrogen-bond donors (Lipinski definition) is 1. The number of nitrogens with zero attached hydrogens (tertiary/aromatic N) is 2. The van der Waals surface area contributed by atoms with E-state index in [0.717, 1.165) is 47.6 Å². The number of aromatic carboxylic acids is 1. The zero-order chi connectivity index (χ0) is 14.1. The van der Waals surface area contributed by atoms with Gasteiger partial charge in [0.1, 0.15) is 5.82 Å². The van der Waals surface area contributed by atoms with Gasteiger partial charge in [-0.05, 0) is 30.7 Å². The zero-order valence-electron chi connectivity index (χ0n) is 11.5. The van der Waals surface area contributed by atoms with Crippen LogP contribution in [0.3, 0.4) is 0 Å². The Morgan fingerprint density at radius 1 is 1.55 bits per heavy atom. The molecule has 2 aromatic rings. The number of hydrogen-bond acceptors (Lipinski definition) is 3. The lowest BCUT2D eigenvalue weighted by Gasteiger charge is -2.16. The fraction of sp³-hybridized carbons (Fsp3) is 0.467. The summed E-state index contributed by atoms with van der Waals surface area (Å²) in [6.07, 6.45) is 3.02. The molecule has 1 aliphatic rings. The summed E-state index contributed by atoms with van der Waals surface area (Å²) >= 11 is 1.93. The predicted molar refractivity (Wildman–Crippen MR) is 81.7 cm³/mol. The van der Waals surface area contributed by atoms with Gasteiger partial charge in [0.2, 0.25) is 0 Å². The number of carboxylic acid groups (broad SMARTS) is 1. The van der Waals surface area contributed by atoms with E-state index in [1.165, 1.54) is 0 Å². The SMILES string of the molecule is CCCc1nc2cccc(C(=O)O)c2n1C1CCSC1. The standard InChI is InChI=1S/C15H18N2O2S/c1-2-4-13-16-12-6-3-5-11(15(18)19)14(12)17(13)10-7-8-20-9-10/h3,5-6,10H,2,4,7-9H2,1H3,(H,18,19). The van der Waals surface area contributed by atoms with Crippen LogP contribution in [-0.2, 0) is 6.42 Å². The number of benzene rings is 1. The summed E-state index contributed by atoms with van der Waals surface area (Å²) in [5, 5.41) is 9.44. The van der Waals surface area contributed by atoms with Crippen LogP contribution < -0.4 is 0 Å². The summed E-state index contributed by atoms with van der Waals surface area (Å²) in [5.74, 6) is 2.36. The van der Waals surface area contributed by atoms with E-state index in [-0.39, 0.29) is 0 Å². The van der Waals surface area contributed by atoms with Gasteiger partial charge in [0.25, 0.3) is 0 Å². The molecular weight excluding hydrogens is 272 g/mol. The summed E-state index contributed by atoms with van der Waals surface area (Å²) in [7, 11) is 0. The molecule has 0 spiro atoms. The van der Waals surface area contributed by atoms with Crippen molar-refractivity contribution in [3.8, 4) is 0 Å². The number of thioether (sulfide) groups is 1. The Bertz CT molecular complexity index is 645. The van der Waals surface area contributed by atoms with Gasteiger partial charge in [0.15, 0.2) is 0 Å². The monoisotopic (exact) mass is 290 g/mol. The van der Waals surface area contributed by atoms with Gasteiger partial charge in [-0.2, -0.15) is 11.8 Å². The van der Waals surface area contributed by atoms with E-state index in [0.29, 0.717) is 11.6 Å². The molecule has 1 fully saturated rings. The van der Waals surface area contributed by atoms with E-state index in [9.17, 15) is 9.90 Å². The summed E-state index contributed by atoms with van der Waals surface area (Å²) in [5.41, 5.74) is 1.98. The molecule has 0 saturated carbocycles. The highest BCUT2D eigenvalue weighted by Crippen LogP contribution is 2.33. The lowest BCUT2D eigenvalue weighted by atomic mass is 10.1. The van der Waals surface area contributed by atoms with Crippen molar-refractivity contribution in [2.75, 3.05) is 11.5 Å². The van der Waals surface area contributed by atoms with Gasteiger partial charge in [0.05, 0.1) is 16.6 Å². The normalized spacial score (nSPS) is 18.8. The molecule has 1 aromatic carbocycles. The third kappa shape index (κ3) is 2.20. The van der Waals surface area contributed by atoms with E-state index in [1.54, 1.807) is 12.1 Å². The summed E-state index contributed by atoms with van der Waals surface area (Å²) in [4.78, 5) is 16.2. The minimum Gasteiger partial charge on any atom is -0.478 e. The molecule has 1 unspecified atom stereocenters. The fourth-order valence-corrected chi connectivity index (χ4v) is 4.08. The lowest BCUT2D eigenvalue weighted by molar-refractivity contribution is 0.0698. The molecule has 106 valence electrons. The van der Waals surface area contributed by atoms with Gasteiger partial charge in [-0.25, -0.2) is 9.78 Å². The molecule has 0 radical (unpaired) electrons. The molecule has 1 saturated heterocycles. The maximum Gasteiger partial charge on any atom is 0.337 e. The number of aromatic nitrogens is 2. The van der Waals surface area contributed by atoms with Crippen molar-refractivity contribution in [1.29, 1.82) is 0 Å². The smallest absolute Gasteiger partial charge is 0.337 e. The van der Waals surface area contributed by atoms with Crippen molar-refractivity contribution in [3.63, 3.8) is 0 Å². The van der Waals surface area contributed by atoms with E-state index in [4.69, 9.17) is 0 Å². The Hall–Kier alpha value is -1.49. The zero-order valence-corrected chi connectivity index (χ0v) is 12.3. The molecule has 1 N–H and O–H groups in total. The van der Waals surface area contributed by atoms with E-state index in [2.05, 4.69) is 16.5 Å². The van der Waals surface area contributed by atoms with Crippen LogP contribution in [0.5, 0.6) is 0 Å². The largest absolute Gasteiger partial charge is 0.478 e. The summed E-state index contributed by atoms with van der Waals surface area (Å²) < 4.78 is 2.20. The molecule has 3 rings (SSSR count). The first-order valence-corrected chi connectivity index (χ1v) is 8.18. The lowest BCUT2D eigenvalue weighted by Crippen LogP contribution is -2.13. The van der Waals surface area contributed by atoms with Crippen molar-refractivity contribution < 1.29 is 9.90 Å². The van der Waals surface area contributed by atoms with Crippen molar-refractivity contribution in [1.82, 2.24) is 9.55 Å². The quantitative estimate of drug-likeness (QED) is 0.938. The second kappa shape index (κ2) is 5.48. The van der Waals surface area contributed by atoms with Gasteiger partial charge in [-0.1, -0.05) is 13.0 Å². The van der Waals surface area contributed by atoms with Gasteiger partial charge in [-0.15, -0.1) is 0 Å². The minimum absolute atomic E-state index is 0.370. The number of aryl methyl sites for hydroxylation is 1. The average molecular weight is 290 g/mol. The molecule has 5 heteroatoms. The molecule has 4 nitrogen and oxygen atoms in total. The molecule has 1 aromatic heterocycles. The van der Waals surface area contributed by atoms with Crippen LogP contribution in [0.2, 0.25) is 0 Å². The number of carboxylic acids is 1. The van der Waals surface area contributed by atoms with E-state index in [1.807, 2.05) is 17.8 Å². The van der Waals surface area contributed by atoms with Crippen LogP contribution in [0.25, 0.3) is 11.0 Å². The predicted octanol–water partition coefficient (Wildman–Crippen LogP) is 3.37. The third-order valence-corrected chi connectivity index (χ3v) is 4.90. The number of fused-ring (bicyclic) bond motifs is 1. The Kier molecular flexibility index (Phi) is 3.70. The van der Waals surface area contributed by atoms with Gasteiger partial charge in [-0.3, -0.25) is 0 Å². The van der Waals surface area contributed by atoms with Crippen LogP contribution >= 0.6 is 11.8 Å². The number of rotatable bonds is 4. The molecule has 2 heterocycles. The molecule has 0 amide bonds. The highest BCUT2D eigenvalue weighted by atomic mass is 32.2. The maximum absolute atomic E-state index is 11.5. The average Bonchev–Trinajstić information content (AvgIpc) is 3.04. The maximum atomic E-state index is 11.5. The van der Waals surface area contributed by atoms with Crippen LogP contribution in [0.15, 0.2) is 18.2 Å². The second-order valence-corrected chi connectivity index (χ2v) is 6.29. The van der Waals surface area contributed by atoms with Crippen molar-refractivity contribution in [2.24, 2.45) is 0 Å². The van der Waals surface area contributed by atoms with Crippen molar-refractivity contribution >= 4 is 28.8 Å². The van der Waals surface area contributed by atoms with Gasteiger partial charge >= 0.3 is 5.97 Å². The molecule has 0 bridgehead atoms. The second-order valence-electron chi connectivity index (χ2n) is 5.14. The van der Waals surface area contributed by atoms with E-state index < -0.39 is 5.97 Å². The molecule has 0 aliphatic carbocycles. The third-order valence-electron chi connectivity index (χ3n) is 3.76. The van der Waals surface area contributed by atoms with Crippen molar-refractivity contribution in [2.45, 2.75) is 32.2 Å². The minimum atomic E-state index is -0.870. The Morgan fingerprint density at radius 2 is 2.40 bits per heavy atom. The first-order valence-electron chi connectivity index (χ1n) is 7.03. The topological polar surface area (TPSA) is 55.1 Å². The first-order chi connectivity index (χ1) is 9.72. The number of para-hydroxylation sites is 1. The molecule has 20 heavy (non-hydrogen) atoms. The Balaban J connectivity index is 2.25. The Morgan fingerprint density at radius 3 is 3.05 bits per heavy atom. The molecular formula is C15H18N2O2S. The fourth-order valence-electron chi connectivity index (χ4n) is 2.89. The van der Waals surface area contributed by atoms with Gasteiger partial charge < -0.3 is 9.67 Å². The number of imidazole rings is 1. The first kappa shape index (κ1) is 13.5. The molecule has 1 aliphatic heterocycles. The summed E-state index contributed by atoms with van der Waals surface area (Å²) in [6, 6.07) is 5.76. The highest BCUT2D eigenvalue weighted by molar-refractivity contribution is 7.99. The Labute approximate surface area is 122 Å². The van der Waals surface area contributed by atoms with Crippen LogP contribution in [0.4, 0.5) is 0 Å². The van der Waals surface area contributed by atoms with Crippen molar-refractivity contribution in [3.05, 3.63) is 29.6 Å². The van der Waals surface area contributed by atoms with Gasteiger partial charge in [0, 0.05) is 18.2 Å². The van der Waals surface area contributed by atoms with Crippen LogP contribution in [-0.4, -0.2) is 32.1 Å². The van der Waals surface area contributed by atoms with E-state index >= 15 is 0 Å². The molecule has 1 atom stereocenters. The van der Waals surface area contributed by atoms with Crippen LogP contribution in [0.1, 0.15) is 42.0 Å².